The zero-order chi connectivity index (χ0) is 18.6. The Morgan fingerprint density at radius 1 is 1.07 bits per heavy atom. The number of carbonyl (C=O) groups is 1. The summed E-state index contributed by atoms with van der Waals surface area (Å²) in [7, 11) is 0. The summed E-state index contributed by atoms with van der Waals surface area (Å²) in [6.07, 6.45) is 5.13. The fourth-order valence-electron chi connectivity index (χ4n) is 3.47. The van der Waals surface area contributed by atoms with E-state index in [1.165, 1.54) is 18.6 Å². The number of hydrogen-bond acceptors (Lipinski definition) is 4. The third kappa shape index (κ3) is 3.89. The molecule has 4 rings (SSSR count). The number of amides is 1. The molecule has 1 saturated heterocycles. The molecule has 0 aliphatic carbocycles. The van der Waals surface area contributed by atoms with Gasteiger partial charge in [0.15, 0.2) is 0 Å². The van der Waals surface area contributed by atoms with Gasteiger partial charge < -0.3 is 10.2 Å². The number of rotatable bonds is 4. The summed E-state index contributed by atoms with van der Waals surface area (Å²) in [6, 6.07) is 11.7. The van der Waals surface area contributed by atoms with Gasteiger partial charge in [0.05, 0.1) is 5.52 Å². The van der Waals surface area contributed by atoms with Gasteiger partial charge in [-0.05, 0) is 55.2 Å². The number of carbonyl (C=O) groups excluding carboxylic acids is 1. The summed E-state index contributed by atoms with van der Waals surface area (Å²) in [5.74, 6) is 0.380. The van der Waals surface area contributed by atoms with Crippen LogP contribution in [0.5, 0.6) is 0 Å². The Bertz CT molecular complexity index is 969. The average molecular weight is 364 g/mol. The van der Waals surface area contributed by atoms with E-state index >= 15 is 0 Å². The van der Waals surface area contributed by atoms with Crippen LogP contribution in [0.2, 0.25) is 0 Å². The molecule has 5 nitrogen and oxygen atoms in total. The first kappa shape index (κ1) is 17.4. The van der Waals surface area contributed by atoms with Gasteiger partial charge in [0.2, 0.25) is 0 Å². The lowest BCUT2D eigenvalue weighted by Gasteiger charge is -2.28. The maximum Gasteiger partial charge on any atom is 0.251 e. The maximum absolute atomic E-state index is 13.3. The molecule has 0 spiro atoms. The van der Waals surface area contributed by atoms with Crippen molar-refractivity contribution in [1.82, 2.24) is 15.3 Å². The van der Waals surface area contributed by atoms with E-state index in [1.807, 2.05) is 12.1 Å². The quantitative estimate of drug-likeness (QED) is 0.767. The molecule has 0 radical (unpaired) electrons. The number of hydrogen-bond donors (Lipinski definition) is 1. The number of halogens is 1. The molecule has 3 aromatic rings. The van der Waals surface area contributed by atoms with Crippen LogP contribution in [0.15, 0.2) is 48.8 Å². The highest BCUT2D eigenvalue weighted by Crippen LogP contribution is 2.26. The Balaban J connectivity index is 1.57. The highest BCUT2D eigenvalue weighted by Gasteiger charge is 2.16. The van der Waals surface area contributed by atoms with Crippen molar-refractivity contribution in [2.75, 3.05) is 18.0 Å². The molecular formula is C21H21FN4O. The molecule has 1 amide bonds. The minimum Gasteiger partial charge on any atom is -0.356 e. The molecule has 1 aromatic heterocycles. The van der Waals surface area contributed by atoms with E-state index in [0.29, 0.717) is 5.56 Å². The van der Waals surface area contributed by atoms with Crippen LogP contribution < -0.4 is 10.2 Å². The zero-order valence-corrected chi connectivity index (χ0v) is 15.0. The van der Waals surface area contributed by atoms with Crippen molar-refractivity contribution >= 4 is 22.6 Å². The Hall–Kier alpha value is -3.02. The third-order valence-corrected chi connectivity index (χ3v) is 4.87. The maximum atomic E-state index is 13.3. The summed E-state index contributed by atoms with van der Waals surface area (Å²) in [5, 5.41) is 3.73. The van der Waals surface area contributed by atoms with Crippen molar-refractivity contribution in [3.05, 3.63) is 65.7 Å². The molecule has 0 atom stereocenters. The Kier molecular flexibility index (Phi) is 4.96. The summed E-state index contributed by atoms with van der Waals surface area (Å²) in [5.41, 5.74) is 2.10. The highest BCUT2D eigenvalue weighted by molar-refractivity contribution is 6.00. The van der Waals surface area contributed by atoms with Crippen LogP contribution in [-0.4, -0.2) is 29.0 Å². The van der Waals surface area contributed by atoms with E-state index in [0.717, 1.165) is 48.2 Å². The van der Waals surface area contributed by atoms with Crippen molar-refractivity contribution in [3.8, 4) is 0 Å². The number of nitrogens with one attached hydrogen (secondary N) is 1. The van der Waals surface area contributed by atoms with Crippen LogP contribution in [0.25, 0.3) is 10.9 Å². The van der Waals surface area contributed by atoms with Gasteiger partial charge in [-0.2, -0.15) is 0 Å². The minimum absolute atomic E-state index is 0.199. The molecule has 1 aliphatic heterocycles. The number of benzene rings is 2. The summed E-state index contributed by atoms with van der Waals surface area (Å²) >= 11 is 0. The molecule has 0 unspecified atom stereocenters. The predicted molar refractivity (Wildman–Crippen MR) is 103 cm³/mol. The molecule has 1 aliphatic rings. The van der Waals surface area contributed by atoms with Crippen molar-refractivity contribution in [1.29, 1.82) is 0 Å². The molecule has 1 N–H and O–H groups in total. The van der Waals surface area contributed by atoms with Crippen LogP contribution in [0.1, 0.15) is 35.2 Å². The topological polar surface area (TPSA) is 58.1 Å². The van der Waals surface area contributed by atoms with Crippen LogP contribution in [0, 0.1) is 5.82 Å². The standard InChI is InChI=1S/C21H21FN4O/c22-17-6-4-5-15(11-17)13-23-21(27)16-7-8-19-18(12-16)20(25-14-24-19)26-9-2-1-3-10-26/h4-8,11-12,14H,1-3,9-10,13H2,(H,23,27). The summed E-state index contributed by atoms with van der Waals surface area (Å²) in [4.78, 5) is 23.6. The van der Waals surface area contributed by atoms with Crippen LogP contribution in [-0.2, 0) is 6.54 Å². The van der Waals surface area contributed by atoms with E-state index < -0.39 is 0 Å². The largest absolute Gasteiger partial charge is 0.356 e. The van der Waals surface area contributed by atoms with E-state index in [1.54, 1.807) is 24.5 Å². The number of fused-ring (bicyclic) bond motifs is 1. The first-order valence-corrected chi connectivity index (χ1v) is 9.23. The van der Waals surface area contributed by atoms with Gasteiger partial charge in [-0.3, -0.25) is 4.79 Å². The molecule has 1 fully saturated rings. The second-order valence-electron chi connectivity index (χ2n) is 6.79. The Labute approximate surface area is 157 Å². The van der Waals surface area contributed by atoms with Crippen molar-refractivity contribution in [2.45, 2.75) is 25.8 Å². The van der Waals surface area contributed by atoms with E-state index in [-0.39, 0.29) is 18.3 Å². The second kappa shape index (κ2) is 7.70. The highest BCUT2D eigenvalue weighted by atomic mass is 19.1. The fourth-order valence-corrected chi connectivity index (χ4v) is 3.47. The first-order valence-electron chi connectivity index (χ1n) is 9.23. The average Bonchev–Trinajstić information content (AvgIpc) is 2.72. The summed E-state index contributed by atoms with van der Waals surface area (Å²) in [6.45, 7) is 2.23. The fraction of sp³-hybridized carbons (Fsp3) is 0.286. The molecular weight excluding hydrogens is 343 g/mol. The number of piperidine rings is 1. The lowest BCUT2D eigenvalue weighted by Crippen LogP contribution is -2.30. The lowest BCUT2D eigenvalue weighted by molar-refractivity contribution is 0.0951. The normalized spacial score (nSPS) is 14.3. The van der Waals surface area contributed by atoms with E-state index in [4.69, 9.17) is 0 Å². The van der Waals surface area contributed by atoms with Crippen LogP contribution in [0.3, 0.4) is 0 Å². The van der Waals surface area contributed by atoms with Gasteiger partial charge in [0, 0.05) is 30.6 Å². The molecule has 0 bridgehead atoms. The van der Waals surface area contributed by atoms with Gasteiger partial charge in [-0.25, -0.2) is 14.4 Å². The first-order chi connectivity index (χ1) is 13.2. The van der Waals surface area contributed by atoms with Gasteiger partial charge >= 0.3 is 0 Å². The SMILES string of the molecule is O=C(NCc1cccc(F)c1)c1ccc2ncnc(N3CCCCC3)c2c1. The molecule has 2 aromatic carbocycles. The van der Waals surface area contributed by atoms with Crippen molar-refractivity contribution < 1.29 is 9.18 Å². The van der Waals surface area contributed by atoms with Crippen molar-refractivity contribution in [2.24, 2.45) is 0 Å². The molecule has 27 heavy (non-hydrogen) atoms. The third-order valence-electron chi connectivity index (χ3n) is 4.87. The van der Waals surface area contributed by atoms with Gasteiger partial charge in [0.25, 0.3) is 5.91 Å². The Morgan fingerprint density at radius 3 is 2.74 bits per heavy atom. The smallest absolute Gasteiger partial charge is 0.251 e. The minimum atomic E-state index is -0.309. The monoisotopic (exact) mass is 364 g/mol. The zero-order valence-electron chi connectivity index (χ0n) is 15.0. The predicted octanol–water partition coefficient (Wildman–Crippen LogP) is 3.69. The second-order valence-corrected chi connectivity index (χ2v) is 6.79. The number of anilines is 1. The van der Waals surface area contributed by atoms with E-state index in [2.05, 4.69) is 20.2 Å². The van der Waals surface area contributed by atoms with Gasteiger partial charge in [-0.15, -0.1) is 0 Å². The van der Waals surface area contributed by atoms with Crippen LogP contribution >= 0.6 is 0 Å². The van der Waals surface area contributed by atoms with Crippen molar-refractivity contribution in [3.63, 3.8) is 0 Å². The summed E-state index contributed by atoms with van der Waals surface area (Å²) < 4.78 is 13.3. The lowest BCUT2D eigenvalue weighted by atomic mass is 10.1. The molecule has 6 heteroatoms. The molecule has 138 valence electrons. The van der Waals surface area contributed by atoms with Gasteiger partial charge in [0.1, 0.15) is 18.0 Å². The van der Waals surface area contributed by atoms with Crippen LogP contribution in [0.4, 0.5) is 10.2 Å². The molecule has 0 saturated carbocycles. The van der Waals surface area contributed by atoms with Gasteiger partial charge in [-0.1, -0.05) is 12.1 Å². The Morgan fingerprint density at radius 2 is 1.93 bits per heavy atom. The number of nitrogens with zero attached hydrogens (tertiary/aromatic N) is 3. The van der Waals surface area contributed by atoms with E-state index in [9.17, 15) is 9.18 Å². The molecule has 2 heterocycles. The number of aromatic nitrogens is 2.